The molecule has 4 heavy (non-hydrogen) atoms. The molecule has 0 spiro atoms. The molecule has 0 aliphatic heterocycles. The van der Waals surface area contributed by atoms with E-state index in [0.29, 0.717) is 0 Å². The minimum Gasteiger partial charge on any atom is -0.412 e. The second kappa shape index (κ2) is 20.3. The Kier molecular flexibility index (Phi) is 195. The number of rotatable bonds is 0. The van der Waals surface area contributed by atoms with Gasteiger partial charge < -0.3 is 11.0 Å². The first-order valence-electron chi connectivity index (χ1n) is 0. The van der Waals surface area contributed by atoms with Crippen LogP contribution in [0.2, 0.25) is 0 Å². The molecule has 0 radical (unpaired) electrons. The standard InChI is InChI=1S/Ca.Mg.2H2O/h;;2*1H2/q2*+2;;. The minimum atomic E-state index is 0. The molecular formula is H4CaMgO2+4. The van der Waals surface area contributed by atoms with Crippen molar-refractivity contribution in [1.82, 2.24) is 0 Å². The van der Waals surface area contributed by atoms with Gasteiger partial charge in [-0.15, -0.1) is 0 Å². The fraction of sp³-hybridized carbons (Fsp3) is 0. The fourth-order valence-corrected chi connectivity index (χ4v) is 0. The zero-order valence-electron chi connectivity index (χ0n) is 2.41. The molecule has 4 N–H and O–H groups in total. The summed E-state index contributed by atoms with van der Waals surface area (Å²) in [5.74, 6) is 0. The Hall–Kier alpha value is 1.95. The van der Waals surface area contributed by atoms with E-state index in [4.69, 9.17) is 0 Å². The molecule has 0 aromatic rings. The first-order chi connectivity index (χ1) is 0. The molecule has 0 aromatic carbocycles. The average molecular weight is 100 g/mol. The molecular weight excluding hydrogens is 96.4 g/mol. The molecule has 0 heterocycles. The van der Waals surface area contributed by atoms with Gasteiger partial charge in [-0.3, -0.25) is 0 Å². The quantitative estimate of drug-likeness (QED) is 0.305. The van der Waals surface area contributed by atoms with Crippen LogP contribution in [0, 0.1) is 0 Å². The van der Waals surface area contributed by atoms with Crippen molar-refractivity contribution in [3.63, 3.8) is 0 Å². The van der Waals surface area contributed by atoms with E-state index in [9.17, 15) is 0 Å². The van der Waals surface area contributed by atoms with E-state index in [-0.39, 0.29) is 71.7 Å². The van der Waals surface area contributed by atoms with Crippen molar-refractivity contribution < 1.29 is 11.0 Å². The Balaban J connectivity index is 0. The summed E-state index contributed by atoms with van der Waals surface area (Å²) in [6.07, 6.45) is 0. The third kappa shape index (κ3) is 9.04. The summed E-state index contributed by atoms with van der Waals surface area (Å²) >= 11 is 0. The predicted octanol–water partition coefficient (Wildman–Crippen LogP) is -2.41. The van der Waals surface area contributed by atoms with Crippen LogP contribution in [0.1, 0.15) is 0 Å². The smallest absolute Gasteiger partial charge is 0.412 e. The average Bonchev–Trinajstić information content (AvgIpc) is 0. The zero-order chi connectivity index (χ0) is 0. The molecule has 0 amide bonds. The van der Waals surface area contributed by atoms with Gasteiger partial charge in [0.05, 0.1) is 0 Å². The van der Waals surface area contributed by atoms with E-state index in [0.717, 1.165) is 0 Å². The Bertz CT molecular complexity index is 6.00. The van der Waals surface area contributed by atoms with Crippen LogP contribution in [0.5, 0.6) is 0 Å². The Morgan fingerprint density at radius 3 is 0.750 bits per heavy atom. The van der Waals surface area contributed by atoms with Crippen molar-refractivity contribution in [1.29, 1.82) is 0 Å². The van der Waals surface area contributed by atoms with Crippen LogP contribution in [-0.4, -0.2) is 71.7 Å². The number of hydrogen-bond acceptors (Lipinski definition) is 0. The van der Waals surface area contributed by atoms with Crippen molar-refractivity contribution in [2.24, 2.45) is 0 Å². The van der Waals surface area contributed by atoms with Crippen LogP contribution < -0.4 is 0 Å². The third-order valence-corrected chi connectivity index (χ3v) is 0. The van der Waals surface area contributed by atoms with Crippen molar-refractivity contribution >= 4 is 60.8 Å². The normalized spacial score (nSPS) is 0. The van der Waals surface area contributed by atoms with Gasteiger partial charge in [-0.05, 0) is 0 Å². The van der Waals surface area contributed by atoms with Gasteiger partial charge >= 0.3 is 60.8 Å². The van der Waals surface area contributed by atoms with Gasteiger partial charge in [0, 0.05) is 0 Å². The molecule has 0 fully saturated rings. The van der Waals surface area contributed by atoms with Crippen LogP contribution in [0.15, 0.2) is 0 Å². The molecule has 0 aliphatic rings. The van der Waals surface area contributed by atoms with Gasteiger partial charge in [0.2, 0.25) is 0 Å². The van der Waals surface area contributed by atoms with E-state index < -0.39 is 0 Å². The van der Waals surface area contributed by atoms with Gasteiger partial charge in [0.25, 0.3) is 0 Å². The van der Waals surface area contributed by atoms with Gasteiger partial charge in [0.1, 0.15) is 0 Å². The Labute approximate surface area is 70.7 Å². The summed E-state index contributed by atoms with van der Waals surface area (Å²) < 4.78 is 0. The summed E-state index contributed by atoms with van der Waals surface area (Å²) in [5.41, 5.74) is 0. The summed E-state index contributed by atoms with van der Waals surface area (Å²) in [5, 5.41) is 0. The molecule has 4 heteroatoms. The van der Waals surface area contributed by atoms with Crippen LogP contribution in [0.25, 0.3) is 0 Å². The summed E-state index contributed by atoms with van der Waals surface area (Å²) in [6.45, 7) is 0. The predicted molar refractivity (Wildman–Crippen MR) is 18.7 cm³/mol. The summed E-state index contributed by atoms with van der Waals surface area (Å²) in [7, 11) is 0. The van der Waals surface area contributed by atoms with Crippen LogP contribution in [-0.2, 0) is 0 Å². The molecule has 0 aliphatic carbocycles. The second-order valence-corrected chi connectivity index (χ2v) is 0. The summed E-state index contributed by atoms with van der Waals surface area (Å²) in [4.78, 5) is 0. The van der Waals surface area contributed by atoms with Gasteiger partial charge in [-0.25, -0.2) is 0 Å². The molecule has 0 bridgehead atoms. The van der Waals surface area contributed by atoms with E-state index in [1.165, 1.54) is 0 Å². The monoisotopic (exact) mass is 100.0 g/mol. The zero-order valence-corrected chi connectivity index (χ0v) is 6.04. The molecule has 0 aromatic heterocycles. The first-order valence-corrected chi connectivity index (χ1v) is 0. The van der Waals surface area contributed by atoms with E-state index >= 15 is 0 Å². The van der Waals surface area contributed by atoms with Gasteiger partial charge in [-0.1, -0.05) is 0 Å². The Morgan fingerprint density at radius 1 is 0.750 bits per heavy atom. The van der Waals surface area contributed by atoms with E-state index in [2.05, 4.69) is 0 Å². The molecule has 0 rings (SSSR count). The fourth-order valence-electron chi connectivity index (χ4n) is 0. The molecule has 0 unspecified atom stereocenters. The van der Waals surface area contributed by atoms with E-state index in [1.54, 1.807) is 0 Å². The minimum absolute atomic E-state index is 0. The molecule has 2 nitrogen and oxygen atoms in total. The van der Waals surface area contributed by atoms with Crippen LogP contribution >= 0.6 is 0 Å². The summed E-state index contributed by atoms with van der Waals surface area (Å²) in [6, 6.07) is 0. The molecule has 16 valence electrons. The SMILES string of the molecule is O.O.[Ca+2].[Mg+2]. The topological polar surface area (TPSA) is 63.0 Å². The molecule has 0 atom stereocenters. The van der Waals surface area contributed by atoms with Crippen molar-refractivity contribution in [2.75, 3.05) is 0 Å². The van der Waals surface area contributed by atoms with E-state index in [1.807, 2.05) is 0 Å². The first kappa shape index (κ1) is 38.4. The van der Waals surface area contributed by atoms with Gasteiger partial charge in [-0.2, -0.15) is 0 Å². The third-order valence-electron chi connectivity index (χ3n) is 0. The van der Waals surface area contributed by atoms with Crippen LogP contribution in [0.3, 0.4) is 0 Å². The second-order valence-electron chi connectivity index (χ2n) is 0. The van der Waals surface area contributed by atoms with Gasteiger partial charge in [0.15, 0.2) is 0 Å². The molecule has 0 saturated carbocycles. The van der Waals surface area contributed by atoms with Crippen LogP contribution in [0.4, 0.5) is 0 Å². The maximum absolute atomic E-state index is 0. The number of hydrogen-bond donors (Lipinski definition) is 0. The maximum atomic E-state index is 0. The van der Waals surface area contributed by atoms with Crippen molar-refractivity contribution in [3.8, 4) is 0 Å². The Morgan fingerprint density at radius 2 is 0.750 bits per heavy atom. The van der Waals surface area contributed by atoms with Crippen molar-refractivity contribution in [2.45, 2.75) is 0 Å². The maximum Gasteiger partial charge on any atom is 2.00 e. The largest absolute Gasteiger partial charge is 2.00 e. The van der Waals surface area contributed by atoms with Crippen molar-refractivity contribution in [3.05, 3.63) is 0 Å². The molecule has 0 saturated heterocycles.